The van der Waals surface area contributed by atoms with E-state index in [1.165, 1.54) is 14.6 Å². The fraction of sp³-hybridized carbons (Fsp3) is 0.462. The van der Waals surface area contributed by atoms with Crippen LogP contribution in [0.15, 0.2) is 18.5 Å². The molecule has 2 atom stereocenters. The molecule has 18 heavy (non-hydrogen) atoms. The summed E-state index contributed by atoms with van der Waals surface area (Å²) in [5.41, 5.74) is 2.22. The SMILES string of the molecule is Ic1c[nH]c2ncc(N3C[C@H]4COC[C@H]4C3)cc12. The maximum atomic E-state index is 5.52. The van der Waals surface area contributed by atoms with Crippen LogP contribution in [0.5, 0.6) is 0 Å². The van der Waals surface area contributed by atoms with Crippen molar-refractivity contribution >= 4 is 39.3 Å². The maximum Gasteiger partial charge on any atom is 0.138 e. The Hall–Kier alpha value is -0.820. The highest BCUT2D eigenvalue weighted by molar-refractivity contribution is 14.1. The Morgan fingerprint density at radius 3 is 2.89 bits per heavy atom. The molecule has 5 heteroatoms. The van der Waals surface area contributed by atoms with Gasteiger partial charge in [0.1, 0.15) is 5.65 Å². The van der Waals surface area contributed by atoms with Crippen molar-refractivity contribution in [1.29, 1.82) is 0 Å². The fourth-order valence-electron chi connectivity index (χ4n) is 3.03. The first-order valence-corrected chi connectivity index (χ1v) is 7.34. The summed E-state index contributed by atoms with van der Waals surface area (Å²) in [7, 11) is 0. The average Bonchev–Trinajstić information content (AvgIpc) is 3.03. The molecule has 2 aromatic rings. The van der Waals surface area contributed by atoms with Gasteiger partial charge in [0.15, 0.2) is 0 Å². The van der Waals surface area contributed by atoms with Gasteiger partial charge in [-0.2, -0.15) is 0 Å². The van der Waals surface area contributed by atoms with E-state index in [0.717, 1.165) is 32.0 Å². The van der Waals surface area contributed by atoms with Crippen LogP contribution in [0.25, 0.3) is 11.0 Å². The molecular weight excluding hydrogens is 341 g/mol. The Bertz CT molecular complexity index is 585. The van der Waals surface area contributed by atoms with Crippen molar-refractivity contribution in [3.63, 3.8) is 0 Å². The summed E-state index contributed by atoms with van der Waals surface area (Å²) in [6, 6.07) is 2.25. The second-order valence-corrected chi connectivity index (χ2v) is 6.35. The zero-order valence-corrected chi connectivity index (χ0v) is 12.1. The van der Waals surface area contributed by atoms with Gasteiger partial charge in [-0.3, -0.25) is 0 Å². The summed E-state index contributed by atoms with van der Waals surface area (Å²) in [6.07, 6.45) is 3.99. The van der Waals surface area contributed by atoms with Crippen LogP contribution < -0.4 is 4.90 Å². The number of fused-ring (bicyclic) bond motifs is 2. The molecule has 4 nitrogen and oxygen atoms in total. The van der Waals surface area contributed by atoms with Crippen molar-refractivity contribution in [2.24, 2.45) is 11.8 Å². The number of halogens is 1. The van der Waals surface area contributed by atoms with Gasteiger partial charge in [0.25, 0.3) is 0 Å². The predicted octanol–water partition coefficient (Wildman–Crippen LogP) is 2.25. The molecule has 2 aliphatic rings. The summed E-state index contributed by atoms with van der Waals surface area (Å²) >= 11 is 2.35. The second-order valence-electron chi connectivity index (χ2n) is 5.19. The average molecular weight is 355 g/mol. The first-order valence-electron chi connectivity index (χ1n) is 6.26. The van der Waals surface area contributed by atoms with Gasteiger partial charge in [-0.15, -0.1) is 0 Å². The first kappa shape index (κ1) is 11.0. The lowest BCUT2D eigenvalue weighted by Gasteiger charge is -2.19. The molecule has 0 aromatic carbocycles. The molecule has 0 amide bonds. The van der Waals surface area contributed by atoms with E-state index in [-0.39, 0.29) is 0 Å². The number of nitrogens with one attached hydrogen (secondary N) is 1. The minimum absolute atomic E-state index is 0.714. The molecule has 94 valence electrons. The number of nitrogens with zero attached hydrogens (tertiary/aromatic N) is 2. The molecule has 0 unspecified atom stereocenters. The van der Waals surface area contributed by atoms with Gasteiger partial charge in [0.05, 0.1) is 25.1 Å². The van der Waals surface area contributed by atoms with Crippen LogP contribution in [0.2, 0.25) is 0 Å². The van der Waals surface area contributed by atoms with Crippen molar-refractivity contribution in [2.75, 3.05) is 31.2 Å². The van der Waals surface area contributed by atoms with Crippen LogP contribution in [0.1, 0.15) is 0 Å². The van der Waals surface area contributed by atoms with Crippen LogP contribution in [-0.4, -0.2) is 36.3 Å². The Kier molecular flexibility index (Phi) is 2.51. The van der Waals surface area contributed by atoms with Gasteiger partial charge in [-0.05, 0) is 28.7 Å². The molecule has 2 aromatic heterocycles. The number of aromatic nitrogens is 2. The molecule has 2 fully saturated rings. The third-order valence-electron chi connectivity index (χ3n) is 4.07. The summed E-state index contributed by atoms with van der Waals surface area (Å²) in [5, 5.41) is 1.22. The summed E-state index contributed by atoms with van der Waals surface area (Å²) in [6.45, 7) is 4.08. The quantitative estimate of drug-likeness (QED) is 0.798. The van der Waals surface area contributed by atoms with Crippen molar-refractivity contribution in [3.05, 3.63) is 22.0 Å². The number of rotatable bonds is 1. The Morgan fingerprint density at radius 1 is 1.33 bits per heavy atom. The van der Waals surface area contributed by atoms with Gasteiger partial charge < -0.3 is 14.6 Å². The van der Waals surface area contributed by atoms with Gasteiger partial charge in [-0.25, -0.2) is 4.98 Å². The lowest BCUT2D eigenvalue weighted by Crippen LogP contribution is -2.22. The Balaban J connectivity index is 1.68. The normalized spacial score (nSPS) is 27.1. The van der Waals surface area contributed by atoms with Crippen LogP contribution >= 0.6 is 22.6 Å². The zero-order valence-electron chi connectivity index (χ0n) is 9.90. The van der Waals surface area contributed by atoms with E-state index >= 15 is 0 Å². The van der Waals surface area contributed by atoms with Crippen LogP contribution in [0.3, 0.4) is 0 Å². The van der Waals surface area contributed by atoms with E-state index in [0.29, 0.717) is 11.8 Å². The molecule has 4 heterocycles. The van der Waals surface area contributed by atoms with Gasteiger partial charge in [-0.1, -0.05) is 0 Å². The van der Waals surface area contributed by atoms with E-state index in [1.54, 1.807) is 0 Å². The monoisotopic (exact) mass is 355 g/mol. The lowest BCUT2D eigenvalue weighted by molar-refractivity contribution is 0.177. The highest BCUT2D eigenvalue weighted by atomic mass is 127. The number of H-pyrrole nitrogens is 1. The molecule has 2 saturated heterocycles. The molecule has 0 aliphatic carbocycles. The number of anilines is 1. The van der Waals surface area contributed by atoms with Gasteiger partial charge in [0.2, 0.25) is 0 Å². The number of aromatic amines is 1. The molecule has 0 saturated carbocycles. The Labute approximate surface area is 119 Å². The molecule has 0 bridgehead atoms. The van der Waals surface area contributed by atoms with Crippen molar-refractivity contribution < 1.29 is 4.74 Å². The molecule has 1 N–H and O–H groups in total. The number of ether oxygens (including phenoxy) is 1. The molecule has 2 aliphatic heterocycles. The predicted molar refractivity (Wildman–Crippen MR) is 78.8 cm³/mol. The van der Waals surface area contributed by atoms with E-state index in [1.807, 2.05) is 12.4 Å². The highest BCUT2D eigenvalue weighted by Crippen LogP contribution is 2.33. The fourth-order valence-corrected chi connectivity index (χ4v) is 3.60. The van der Waals surface area contributed by atoms with Gasteiger partial charge in [0, 0.05) is 40.1 Å². The standard InChI is InChI=1S/C13H14IN3O/c14-12-3-16-13-11(12)1-10(2-15-13)17-4-8-6-18-7-9(8)5-17/h1-3,8-9H,4-7H2,(H,15,16)/t8-,9+. The summed E-state index contributed by atoms with van der Waals surface area (Å²) in [5.74, 6) is 1.43. The number of hydrogen-bond acceptors (Lipinski definition) is 3. The molecular formula is C13H14IN3O. The summed E-state index contributed by atoms with van der Waals surface area (Å²) in [4.78, 5) is 10.1. The highest BCUT2D eigenvalue weighted by Gasteiger charge is 2.37. The second kappa shape index (κ2) is 4.09. The molecule has 0 radical (unpaired) electrons. The van der Waals surface area contributed by atoms with Crippen molar-refractivity contribution in [1.82, 2.24) is 9.97 Å². The minimum Gasteiger partial charge on any atom is -0.381 e. The first-order chi connectivity index (χ1) is 8.81. The number of pyridine rings is 1. The Morgan fingerprint density at radius 2 is 2.11 bits per heavy atom. The van der Waals surface area contributed by atoms with E-state index in [4.69, 9.17) is 4.74 Å². The smallest absolute Gasteiger partial charge is 0.138 e. The van der Waals surface area contributed by atoms with E-state index in [2.05, 4.69) is 43.5 Å². The van der Waals surface area contributed by atoms with Crippen LogP contribution in [0.4, 0.5) is 5.69 Å². The summed E-state index contributed by atoms with van der Waals surface area (Å²) < 4.78 is 6.76. The largest absolute Gasteiger partial charge is 0.381 e. The maximum absolute atomic E-state index is 5.52. The third-order valence-corrected chi connectivity index (χ3v) is 4.96. The minimum atomic E-state index is 0.714. The van der Waals surface area contributed by atoms with E-state index < -0.39 is 0 Å². The van der Waals surface area contributed by atoms with Crippen molar-refractivity contribution in [3.8, 4) is 0 Å². The van der Waals surface area contributed by atoms with E-state index in [9.17, 15) is 0 Å². The van der Waals surface area contributed by atoms with Crippen LogP contribution in [-0.2, 0) is 4.74 Å². The molecule has 0 spiro atoms. The van der Waals surface area contributed by atoms with Crippen molar-refractivity contribution in [2.45, 2.75) is 0 Å². The topological polar surface area (TPSA) is 41.2 Å². The van der Waals surface area contributed by atoms with Crippen LogP contribution in [0, 0.1) is 15.4 Å². The van der Waals surface area contributed by atoms with Gasteiger partial charge >= 0.3 is 0 Å². The lowest BCUT2D eigenvalue weighted by atomic mass is 10.0. The number of hydrogen-bond donors (Lipinski definition) is 1. The third kappa shape index (κ3) is 1.64. The molecule has 4 rings (SSSR count). The zero-order chi connectivity index (χ0) is 12.1.